The lowest BCUT2D eigenvalue weighted by Crippen LogP contribution is -2.18. The van der Waals surface area contributed by atoms with Crippen LogP contribution < -0.4 is 11.4 Å². The van der Waals surface area contributed by atoms with Gasteiger partial charge in [0.15, 0.2) is 0 Å². The Bertz CT molecular complexity index is 121. The minimum absolute atomic E-state index is 1.65. The first-order valence-electron chi connectivity index (χ1n) is 2.03. The van der Waals surface area contributed by atoms with Gasteiger partial charge in [-0.1, -0.05) is 0 Å². The third-order valence-corrected chi connectivity index (χ3v) is 0.754. The van der Waals surface area contributed by atoms with Gasteiger partial charge in [0.05, 0.1) is 0 Å². The highest BCUT2D eigenvalue weighted by molar-refractivity contribution is 4.91. The van der Waals surface area contributed by atoms with Crippen molar-refractivity contribution in [2.45, 2.75) is 0 Å². The van der Waals surface area contributed by atoms with Gasteiger partial charge in [-0.25, -0.2) is 5.84 Å². The molecule has 0 unspecified atom stereocenters. The summed E-state index contributed by atoms with van der Waals surface area (Å²) in [5.41, 5.74) is 2.42. The summed E-state index contributed by atoms with van der Waals surface area (Å²) in [6.07, 6.45) is 3.64. The van der Waals surface area contributed by atoms with Gasteiger partial charge in [-0.05, 0) is 12.1 Å². The van der Waals surface area contributed by atoms with E-state index in [1.807, 2.05) is 24.5 Å². The molecule has 3 N–H and O–H groups in total. The summed E-state index contributed by atoms with van der Waals surface area (Å²) >= 11 is 0. The van der Waals surface area contributed by atoms with Crippen molar-refractivity contribution < 1.29 is 0 Å². The highest BCUT2D eigenvalue weighted by Gasteiger charge is 1.74. The maximum atomic E-state index is 5.01. The minimum atomic E-state index is 1.65. The summed E-state index contributed by atoms with van der Waals surface area (Å²) in [6.45, 7) is 0. The zero-order valence-electron chi connectivity index (χ0n) is 3.83. The number of aromatic nitrogens is 1. The molecule has 0 fully saturated rings. The number of nitrogens with one attached hydrogen (secondary N) is 1. The molecule has 0 spiro atoms. The maximum Gasteiger partial charge on any atom is 0.0273 e. The second-order valence-corrected chi connectivity index (χ2v) is 1.22. The summed E-state index contributed by atoms with van der Waals surface area (Å²) in [6, 6.07) is 3.78. The Balaban J connectivity index is 2.76. The van der Waals surface area contributed by atoms with Gasteiger partial charge in [0, 0.05) is 12.4 Å². The molecule has 0 saturated carbocycles. The van der Waals surface area contributed by atoms with Gasteiger partial charge in [0.25, 0.3) is 0 Å². The lowest BCUT2D eigenvalue weighted by molar-refractivity contribution is 0.889. The smallest absolute Gasteiger partial charge is 0.0273 e. The van der Waals surface area contributed by atoms with Crippen molar-refractivity contribution in [1.29, 1.82) is 0 Å². The Morgan fingerprint density at radius 3 is 2.14 bits per heavy atom. The SMILES string of the molecule is NNn1cccc1. The molecule has 1 aromatic rings. The number of rotatable bonds is 1. The predicted octanol–water partition coefficient (Wildman–Crippen LogP) is -0.0947. The average molecular weight is 97.1 g/mol. The number of nitrogens with two attached hydrogens (primary N) is 1. The van der Waals surface area contributed by atoms with Gasteiger partial charge in [-0.2, -0.15) is 0 Å². The highest BCUT2D eigenvalue weighted by Crippen LogP contribution is 1.80. The summed E-state index contributed by atoms with van der Waals surface area (Å²) in [7, 11) is 0. The molecule has 0 atom stereocenters. The van der Waals surface area contributed by atoms with Crippen molar-refractivity contribution in [3.63, 3.8) is 0 Å². The summed E-state index contributed by atoms with van der Waals surface area (Å²) in [5.74, 6) is 5.01. The minimum Gasteiger partial charge on any atom is -0.262 e. The van der Waals surface area contributed by atoms with Crippen LogP contribution in [0.1, 0.15) is 0 Å². The molecule has 0 bridgehead atoms. The van der Waals surface area contributed by atoms with Crippen molar-refractivity contribution in [3.05, 3.63) is 24.5 Å². The molecule has 0 aliphatic rings. The van der Waals surface area contributed by atoms with Crippen LogP contribution in [0.2, 0.25) is 0 Å². The van der Waals surface area contributed by atoms with E-state index in [2.05, 4.69) is 5.53 Å². The predicted molar refractivity (Wildman–Crippen MR) is 28.0 cm³/mol. The molecule has 7 heavy (non-hydrogen) atoms. The first-order chi connectivity index (χ1) is 3.43. The Morgan fingerprint density at radius 1 is 1.29 bits per heavy atom. The van der Waals surface area contributed by atoms with Gasteiger partial charge in [-0.3, -0.25) is 10.2 Å². The normalized spacial score (nSPS) is 8.71. The summed E-state index contributed by atoms with van der Waals surface area (Å²) in [5, 5.41) is 0. The van der Waals surface area contributed by atoms with Crippen LogP contribution in [0.5, 0.6) is 0 Å². The second kappa shape index (κ2) is 1.66. The van der Waals surface area contributed by atoms with Crippen LogP contribution >= 0.6 is 0 Å². The molecule has 3 nitrogen and oxygen atoms in total. The molecular weight excluding hydrogens is 90.1 g/mol. The molecule has 3 heteroatoms. The highest BCUT2D eigenvalue weighted by atomic mass is 15.5. The van der Waals surface area contributed by atoms with Crippen LogP contribution in [-0.2, 0) is 0 Å². The molecule has 0 radical (unpaired) electrons. The van der Waals surface area contributed by atoms with Crippen LogP contribution in [0, 0.1) is 0 Å². The van der Waals surface area contributed by atoms with E-state index in [0.29, 0.717) is 0 Å². The molecule has 0 aliphatic heterocycles. The largest absolute Gasteiger partial charge is 0.262 e. The van der Waals surface area contributed by atoms with E-state index in [1.165, 1.54) is 0 Å². The van der Waals surface area contributed by atoms with Crippen molar-refractivity contribution in [3.8, 4) is 0 Å². The van der Waals surface area contributed by atoms with Crippen LogP contribution in [0.4, 0.5) is 0 Å². The molecule has 1 heterocycles. The van der Waals surface area contributed by atoms with Crippen molar-refractivity contribution in [1.82, 2.24) is 4.68 Å². The Labute approximate surface area is 41.7 Å². The second-order valence-electron chi connectivity index (χ2n) is 1.22. The zero-order valence-corrected chi connectivity index (χ0v) is 3.83. The van der Waals surface area contributed by atoms with E-state index in [-0.39, 0.29) is 0 Å². The van der Waals surface area contributed by atoms with Crippen LogP contribution in [0.3, 0.4) is 0 Å². The fraction of sp³-hybridized carbons (Fsp3) is 0. The number of nitrogens with zero attached hydrogens (tertiary/aromatic N) is 1. The third-order valence-electron chi connectivity index (χ3n) is 0.754. The molecule has 0 aliphatic carbocycles. The van der Waals surface area contributed by atoms with E-state index in [4.69, 9.17) is 5.84 Å². The van der Waals surface area contributed by atoms with Gasteiger partial charge in [0.2, 0.25) is 0 Å². The first kappa shape index (κ1) is 4.21. The third kappa shape index (κ3) is 0.721. The van der Waals surface area contributed by atoms with Gasteiger partial charge >= 0.3 is 0 Å². The zero-order chi connectivity index (χ0) is 5.11. The van der Waals surface area contributed by atoms with Crippen LogP contribution in [-0.4, -0.2) is 4.68 Å². The van der Waals surface area contributed by atoms with E-state index in [1.54, 1.807) is 4.68 Å². The molecule has 38 valence electrons. The lowest BCUT2D eigenvalue weighted by atomic mass is 10.7. The first-order valence-corrected chi connectivity index (χ1v) is 2.03. The Morgan fingerprint density at radius 2 is 1.86 bits per heavy atom. The van der Waals surface area contributed by atoms with Gasteiger partial charge in [0.1, 0.15) is 0 Å². The molecule has 0 saturated heterocycles. The van der Waals surface area contributed by atoms with Crippen molar-refractivity contribution in [2.75, 3.05) is 5.53 Å². The maximum absolute atomic E-state index is 5.01. The average Bonchev–Trinajstić information content (AvgIpc) is 2.14. The topological polar surface area (TPSA) is 43.0 Å². The van der Waals surface area contributed by atoms with Gasteiger partial charge in [-0.15, -0.1) is 0 Å². The van der Waals surface area contributed by atoms with E-state index >= 15 is 0 Å². The van der Waals surface area contributed by atoms with E-state index in [0.717, 1.165) is 0 Å². The fourth-order valence-electron chi connectivity index (χ4n) is 0.421. The Hall–Kier alpha value is -0.960. The fourth-order valence-corrected chi connectivity index (χ4v) is 0.421. The van der Waals surface area contributed by atoms with Crippen molar-refractivity contribution in [2.24, 2.45) is 5.84 Å². The van der Waals surface area contributed by atoms with Gasteiger partial charge < -0.3 is 0 Å². The molecule has 1 rings (SSSR count). The van der Waals surface area contributed by atoms with Crippen LogP contribution in [0.15, 0.2) is 24.5 Å². The Kier molecular flexibility index (Phi) is 0.997. The molecule has 1 aromatic heterocycles. The number of hydrazine groups is 1. The van der Waals surface area contributed by atoms with Crippen LogP contribution in [0.25, 0.3) is 0 Å². The van der Waals surface area contributed by atoms with Crippen molar-refractivity contribution >= 4 is 0 Å². The number of hydrogen-bond donors (Lipinski definition) is 2. The standard InChI is InChI=1S/C4H7N3/c5-6-7-3-1-2-4-7/h1-4,6H,5H2. The molecule has 0 amide bonds. The summed E-state index contributed by atoms with van der Waals surface area (Å²) < 4.78 is 1.65. The van der Waals surface area contributed by atoms with E-state index in [9.17, 15) is 0 Å². The number of hydrogen-bond acceptors (Lipinski definition) is 2. The quantitative estimate of drug-likeness (QED) is 0.380. The number of nitrogen functional groups attached to an aromatic ring is 1. The monoisotopic (exact) mass is 97.1 g/mol. The molecular formula is C4H7N3. The van der Waals surface area contributed by atoms with E-state index < -0.39 is 0 Å². The summed E-state index contributed by atoms with van der Waals surface area (Å²) in [4.78, 5) is 0. The lowest BCUT2D eigenvalue weighted by Gasteiger charge is -1.94. The molecule has 0 aromatic carbocycles.